The van der Waals surface area contributed by atoms with E-state index >= 15 is 0 Å². The summed E-state index contributed by atoms with van der Waals surface area (Å²) in [5, 5.41) is 4.49. The minimum atomic E-state index is 0.0303. The van der Waals surface area contributed by atoms with Gasteiger partial charge in [-0.05, 0) is 32.3 Å². The molecular weight excluding hydrogens is 238 g/mol. The highest BCUT2D eigenvalue weighted by Gasteiger charge is 2.21. The number of fused-ring (bicyclic) bond motifs is 1. The highest BCUT2D eigenvalue weighted by Crippen LogP contribution is 2.20. The highest BCUT2D eigenvalue weighted by atomic mass is 16.2. The molecule has 2 aromatic rings. The van der Waals surface area contributed by atoms with Crippen molar-refractivity contribution in [3.8, 4) is 0 Å². The minimum Gasteiger partial charge on any atom is -0.276 e. The SMILES string of the molecule is Cc1ccc(Cn2nc3n(c2=O)[C@H](C)CCC3)cc1. The van der Waals surface area contributed by atoms with E-state index in [1.54, 1.807) is 4.68 Å². The van der Waals surface area contributed by atoms with E-state index in [4.69, 9.17) is 0 Å². The van der Waals surface area contributed by atoms with Gasteiger partial charge in [0.1, 0.15) is 5.82 Å². The van der Waals surface area contributed by atoms with Crippen LogP contribution in [0.15, 0.2) is 29.1 Å². The molecule has 0 unspecified atom stereocenters. The van der Waals surface area contributed by atoms with Gasteiger partial charge >= 0.3 is 5.69 Å². The first kappa shape index (κ1) is 12.2. The summed E-state index contributed by atoms with van der Waals surface area (Å²) in [6.45, 7) is 4.72. The van der Waals surface area contributed by atoms with E-state index in [0.29, 0.717) is 6.54 Å². The third-order valence-electron chi connectivity index (χ3n) is 3.86. The lowest BCUT2D eigenvalue weighted by Gasteiger charge is -2.18. The molecule has 0 aliphatic carbocycles. The molecule has 100 valence electrons. The smallest absolute Gasteiger partial charge is 0.276 e. The van der Waals surface area contributed by atoms with Crippen LogP contribution in [0.25, 0.3) is 0 Å². The fraction of sp³-hybridized carbons (Fsp3) is 0.467. The van der Waals surface area contributed by atoms with E-state index in [-0.39, 0.29) is 11.7 Å². The van der Waals surface area contributed by atoms with Crippen molar-refractivity contribution in [3.05, 3.63) is 51.7 Å². The Balaban J connectivity index is 1.94. The van der Waals surface area contributed by atoms with Crippen molar-refractivity contribution < 1.29 is 0 Å². The number of aryl methyl sites for hydroxylation is 2. The van der Waals surface area contributed by atoms with Gasteiger partial charge < -0.3 is 0 Å². The van der Waals surface area contributed by atoms with Gasteiger partial charge in [-0.2, -0.15) is 5.10 Å². The predicted molar refractivity (Wildman–Crippen MR) is 74.4 cm³/mol. The lowest BCUT2D eigenvalue weighted by atomic mass is 10.1. The molecule has 19 heavy (non-hydrogen) atoms. The molecular formula is C15H19N3O. The number of hydrogen-bond donors (Lipinski definition) is 0. The van der Waals surface area contributed by atoms with Gasteiger partial charge in [0.25, 0.3) is 0 Å². The quantitative estimate of drug-likeness (QED) is 0.828. The van der Waals surface area contributed by atoms with Crippen molar-refractivity contribution in [1.82, 2.24) is 14.3 Å². The second-order valence-electron chi connectivity index (χ2n) is 5.45. The zero-order valence-corrected chi connectivity index (χ0v) is 11.5. The molecule has 1 aromatic carbocycles. The Labute approximate surface area is 112 Å². The van der Waals surface area contributed by atoms with E-state index in [0.717, 1.165) is 30.7 Å². The molecule has 1 aliphatic heterocycles. The van der Waals surface area contributed by atoms with Crippen LogP contribution in [0, 0.1) is 6.92 Å². The summed E-state index contributed by atoms with van der Waals surface area (Å²) in [7, 11) is 0. The van der Waals surface area contributed by atoms with Gasteiger partial charge in [-0.25, -0.2) is 9.48 Å². The number of nitrogens with zero attached hydrogens (tertiary/aromatic N) is 3. The molecule has 2 heterocycles. The van der Waals surface area contributed by atoms with E-state index in [2.05, 4.69) is 43.2 Å². The maximum atomic E-state index is 12.4. The zero-order chi connectivity index (χ0) is 13.4. The first-order valence-corrected chi connectivity index (χ1v) is 6.89. The second kappa shape index (κ2) is 4.68. The van der Waals surface area contributed by atoms with Gasteiger partial charge in [-0.1, -0.05) is 29.8 Å². The topological polar surface area (TPSA) is 39.8 Å². The molecule has 0 spiro atoms. The molecule has 0 bridgehead atoms. The molecule has 0 amide bonds. The summed E-state index contributed by atoms with van der Waals surface area (Å²) >= 11 is 0. The second-order valence-corrected chi connectivity index (χ2v) is 5.45. The number of rotatable bonds is 2. The fourth-order valence-corrected chi connectivity index (χ4v) is 2.73. The molecule has 1 aliphatic rings. The molecule has 0 fully saturated rings. The summed E-state index contributed by atoms with van der Waals surface area (Å²) < 4.78 is 3.46. The molecule has 0 saturated carbocycles. The molecule has 4 nitrogen and oxygen atoms in total. The van der Waals surface area contributed by atoms with Crippen molar-refractivity contribution in [2.75, 3.05) is 0 Å². The van der Waals surface area contributed by atoms with E-state index in [9.17, 15) is 4.79 Å². The van der Waals surface area contributed by atoms with Crippen molar-refractivity contribution in [3.63, 3.8) is 0 Å². The van der Waals surface area contributed by atoms with Crippen molar-refractivity contribution in [2.24, 2.45) is 0 Å². The Morgan fingerprint density at radius 3 is 2.74 bits per heavy atom. The molecule has 0 saturated heterocycles. The largest absolute Gasteiger partial charge is 0.346 e. The summed E-state index contributed by atoms with van der Waals surface area (Å²) in [4.78, 5) is 12.4. The standard InChI is InChI=1S/C15H19N3O/c1-11-6-8-13(9-7-11)10-17-15(19)18-12(2)4-3-5-14(18)16-17/h6-9,12H,3-5,10H2,1-2H3/t12-/m1/s1. The average molecular weight is 257 g/mol. The van der Waals surface area contributed by atoms with Gasteiger partial charge in [0.15, 0.2) is 0 Å². The van der Waals surface area contributed by atoms with Crippen LogP contribution in [0.5, 0.6) is 0 Å². The first-order chi connectivity index (χ1) is 9.15. The summed E-state index contributed by atoms with van der Waals surface area (Å²) in [6.07, 6.45) is 3.12. The van der Waals surface area contributed by atoms with E-state index in [1.807, 2.05) is 4.57 Å². The van der Waals surface area contributed by atoms with Gasteiger partial charge in [-0.15, -0.1) is 0 Å². The van der Waals surface area contributed by atoms with Crippen LogP contribution >= 0.6 is 0 Å². The highest BCUT2D eigenvalue weighted by molar-refractivity contribution is 5.21. The minimum absolute atomic E-state index is 0.0303. The van der Waals surface area contributed by atoms with Crippen molar-refractivity contribution in [2.45, 2.75) is 45.7 Å². The van der Waals surface area contributed by atoms with Gasteiger partial charge in [-0.3, -0.25) is 4.57 Å². The number of hydrogen-bond acceptors (Lipinski definition) is 2. The number of benzene rings is 1. The normalized spacial score (nSPS) is 18.3. The molecule has 0 radical (unpaired) electrons. The molecule has 3 rings (SSSR count). The average Bonchev–Trinajstić information content (AvgIpc) is 2.71. The van der Waals surface area contributed by atoms with Crippen LogP contribution in [0.4, 0.5) is 0 Å². The molecule has 1 atom stereocenters. The third kappa shape index (κ3) is 2.23. The maximum absolute atomic E-state index is 12.4. The zero-order valence-electron chi connectivity index (χ0n) is 11.5. The van der Waals surface area contributed by atoms with Crippen LogP contribution in [0.3, 0.4) is 0 Å². The fourth-order valence-electron chi connectivity index (χ4n) is 2.73. The van der Waals surface area contributed by atoms with Crippen molar-refractivity contribution >= 4 is 0 Å². The van der Waals surface area contributed by atoms with E-state index in [1.165, 1.54) is 5.56 Å². The van der Waals surface area contributed by atoms with Gasteiger partial charge in [0, 0.05) is 12.5 Å². The summed E-state index contributed by atoms with van der Waals surface area (Å²) in [5.41, 5.74) is 2.38. The van der Waals surface area contributed by atoms with Crippen LogP contribution in [-0.2, 0) is 13.0 Å². The predicted octanol–water partition coefficient (Wildman–Crippen LogP) is 2.30. The Morgan fingerprint density at radius 2 is 2.05 bits per heavy atom. The maximum Gasteiger partial charge on any atom is 0.346 e. The third-order valence-corrected chi connectivity index (χ3v) is 3.86. The molecule has 4 heteroatoms. The molecule has 1 aromatic heterocycles. The van der Waals surface area contributed by atoms with Gasteiger partial charge in [0.05, 0.1) is 6.54 Å². The van der Waals surface area contributed by atoms with Crippen molar-refractivity contribution in [1.29, 1.82) is 0 Å². The summed E-state index contributed by atoms with van der Waals surface area (Å²) in [5.74, 6) is 0.941. The Kier molecular flexibility index (Phi) is 3.01. The Hall–Kier alpha value is -1.84. The first-order valence-electron chi connectivity index (χ1n) is 6.89. The lowest BCUT2D eigenvalue weighted by Crippen LogP contribution is -2.29. The van der Waals surface area contributed by atoms with Crippen LogP contribution < -0.4 is 5.69 Å². The lowest BCUT2D eigenvalue weighted by molar-refractivity contribution is 0.415. The molecule has 0 N–H and O–H groups in total. The monoisotopic (exact) mass is 257 g/mol. The number of aromatic nitrogens is 3. The van der Waals surface area contributed by atoms with Crippen LogP contribution in [0.1, 0.15) is 42.8 Å². The Bertz CT molecular complexity index is 636. The van der Waals surface area contributed by atoms with E-state index < -0.39 is 0 Å². The van der Waals surface area contributed by atoms with Crippen LogP contribution in [-0.4, -0.2) is 14.3 Å². The van der Waals surface area contributed by atoms with Gasteiger partial charge in [0.2, 0.25) is 0 Å². The Morgan fingerprint density at radius 1 is 1.32 bits per heavy atom. The van der Waals surface area contributed by atoms with Crippen LogP contribution in [0.2, 0.25) is 0 Å². The summed E-state index contributed by atoms with van der Waals surface area (Å²) in [6, 6.07) is 8.54.